The summed E-state index contributed by atoms with van der Waals surface area (Å²) in [5.74, 6) is 0.506. The predicted molar refractivity (Wildman–Crippen MR) is 94.3 cm³/mol. The molecule has 0 spiro atoms. The van der Waals surface area contributed by atoms with Crippen LogP contribution in [0.5, 0.6) is 0 Å². The fraction of sp³-hybridized carbons (Fsp3) is 0. The number of rotatable bonds is 2. The number of hydrogen-bond acceptors (Lipinski definition) is 2. The third kappa shape index (κ3) is 2.35. The molecular weight excluding hydrogens is 429 g/mol. The number of halogens is 2. The van der Waals surface area contributed by atoms with E-state index >= 15 is 0 Å². The first-order valence-corrected chi connectivity index (χ1v) is 7.89. The molecule has 0 fully saturated rings. The Balaban J connectivity index is 2.26. The van der Waals surface area contributed by atoms with Crippen molar-refractivity contribution in [2.75, 3.05) is 5.73 Å². The standard InChI is InChI=1S/C15H11BrIN3/c16-11-7-3-1-5-9(11)13-14(19-20-15(13)18)10-6-2-4-8-12(10)17/h1-8H,(H3,18,19,20). The Bertz CT molecular complexity index is 767. The molecule has 0 amide bonds. The summed E-state index contributed by atoms with van der Waals surface area (Å²) in [6.07, 6.45) is 0. The highest BCUT2D eigenvalue weighted by atomic mass is 127. The molecule has 0 aliphatic rings. The van der Waals surface area contributed by atoms with Crippen LogP contribution in [0, 0.1) is 3.57 Å². The van der Waals surface area contributed by atoms with Crippen LogP contribution in [-0.2, 0) is 0 Å². The minimum absolute atomic E-state index is 0.506. The Hall–Kier alpha value is -1.34. The Kier molecular flexibility index (Phi) is 3.80. The number of benzene rings is 2. The van der Waals surface area contributed by atoms with Gasteiger partial charge in [-0.1, -0.05) is 52.3 Å². The van der Waals surface area contributed by atoms with Crippen molar-refractivity contribution in [3.05, 3.63) is 56.6 Å². The maximum absolute atomic E-state index is 6.06. The van der Waals surface area contributed by atoms with E-state index in [9.17, 15) is 0 Å². The first kappa shape index (κ1) is 13.6. The van der Waals surface area contributed by atoms with Crippen molar-refractivity contribution in [3.63, 3.8) is 0 Å². The summed E-state index contributed by atoms with van der Waals surface area (Å²) in [5, 5.41) is 7.24. The van der Waals surface area contributed by atoms with Crippen molar-refractivity contribution in [2.45, 2.75) is 0 Å². The lowest BCUT2D eigenvalue weighted by molar-refractivity contribution is 1.10. The summed E-state index contributed by atoms with van der Waals surface area (Å²) in [7, 11) is 0. The summed E-state index contributed by atoms with van der Waals surface area (Å²) in [6.45, 7) is 0. The molecule has 0 radical (unpaired) electrons. The maximum Gasteiger partial charge on any atom is 0.153 e. The van der Waals surface area contributed by atoms with Crippen molar-refractivity contribution >= 4 is 44.3 Å². The van der Waals surface area contributed by atoms with E-state index < -0.39 is 0 Å². The second kappa shape index (κ2) is 5.57. The zero-order chi connectivity index (χ0) is 14.1. The molecule has 1 aromatic heterocycles. The predicted octanol–water partition coefficient (Wildman–Crippen LogP) is 4.69. The third-order valence-electron chi connectivity index (χ3n) is 3.08. The van der Waals surface area contributed by atoms with Gasteiger partial charge in [-0.15, -0.1) is 0 Å². The average Bonchev–Trinajstić information content (AvgIpc) is 2.82. The molecular formula is C15H11BrIN3. The molecule has 20 heavy (non-hydrogen) atoms. The van der Waals surface area contributed by atoms with E-state index in [2.05, 4.69) is 60.9 Å². The van der Waals surface area contributed by atoms with Gasteiger partial charge in [-0.05, 0) is 34.7 Å². The number of nitrogens with zero attached hydrogens (tertiary/aromatic N) is 1. The number of nitrogens with one attached hydrogen (secondary N) is 1. The first-order valence-electron chi connectivity index (χ1n) is 6.02. The van der Waals surface area contributed by atoms with Gasteiger partial charge in [-0.25, -0.2) is 0 Å². The summed E-state index contributed by atoms with van der Waals surface area (Å²) in [5.41, 5.74) is 10.1. The van der Waals surface area contributed by atoms with Crippen LogP contribution in [0.4, 0.5) is 5.82 Å². The number of aromatic nitrogens is 2. The Morgan fingerprint density at radius 2 is 1.65 bits per heavy atom. The van der Waals surface area contributed by atoms with Crippen molar-refractivity contribution in [1.82, 2.24) is 10.2 Å². The largest absolute Gasteiger partial charge is 0.382 e. The molecule has 5 heteroatoms. The fourth-order valence-electron chi connectivity index (χ4n) is 2.15. The Labute approximate surface area is 138 Å². The van der Waals surface area contributed by atoms with Crippen LogP contribution in [0.1, 0.15) is 0 Å². The zero-order valence-electron chi connectivity index (χ0n) is 10.4. The number of hydrogen-bond donors (Lipinski definition) is 2. The van der Waals surface area contributed by atoms with E-state index in [-0.39, 0.29) is 0 Å². The zero-order valence-corrected chi connectivity index (χ0v) is 14.1. The van der Waals surface area contributed by atoms with E-state index in [1.54, 1.807) is 0 Å². The van der Waals surface area contributed by atoms with Crippen molar-refractivity contribution in [1.29, 1.82) is 0 Å². The molecule has 3 nitrogen and oxygen atoms in total. The molecule has 2 aromatic carbocycles. The fourth-order valence-corrected chi connectivity index (χ4v) is 3.29. The minimum Gasteiger partial charge on any atom is -0.382 e. The van der Waals surface area contributed by atoms with Crippen LogP contribution >= 0.6 is 38.5 Å². The van der Waals surface area contributed by atoms with Crippen LogP contribution in [0.2, 0.25) is 0 Å². The molecule has 0 unspecified atom stereocenters. The molecule has 100 valence electrons. The number of aromatic amines is 1. The lowest BCUT2D eigenvalue weighted by Crippen LogP contribution is -1.90. The smallest absolute Gasteiger partial charge is 0.153 e. The van der Waals surface area contributed by atoms with Gasteiger partial charge < -0.3 is 5.73 Å². The summed E-state index contributed by atoms with van der Waals surface area (Å²) in [4.78, 5) is 0. The van der Waals surface area contributed by atoms with Gasteiger partial charge in [0.1, 0.15) is 0 Å². The number of nitrogens with two attached hydrogens (primary N) is 1. The molecule has 3 rings (SSSR count). The second-order valence-electron chi connectivity index (χ2n) is 4.32. The Morgan fingerprint density at radius 1 is 1.00 bits per heavy atom. The maximum atomic E-state index is 6.06. The highest BCUT2D eigenvalue weighted by Gasteiger charge is 2.17. The monoisotopic (exact) mass is 439 g/mol. The van der Waals surface area contributed by atoms with Crippen molar-refractivity contribution in [3.8, 4) is 22.4 Å². The number of anilines is 1. The lowest BCUT2D eigenvalue weighted by atomic mass is 10.0. The van der Waals surface area contributed by atoms with Crippen LogP contribution in [0.15, 0.2) is 53.0 Å². The van der Waals surface area contributed by atoms with Gasteiger partial charge in [-0.3, -0.25) is 5.10 Å². The number of H-pyrrole nitrogens is 1. The SMILES string of the molecule is Nc1n[nH]c(-c2ccccc2I)c1-c1ccccc1Br. The van der Waals surface area contributed by atoms with E-state index in [1.165, 1.54) is 0 Å². The second-order valence-corrected chi connectivity index (χ2v) is 6.34. The van der Waals surface area contributed by atoms with E-state index in [0.29, 0.717) is 5.82 Å². The van der Waals surface area contributed by atoms with Gasteiger partial charge in [0.15, 0.2) is 5.82 Å². The first-order chi connectivity index (χ1) is 9.68. The summed E-state index contributed by atoms with van der Waals surface area (Å²) < 4.78 is 2.15. The molecule has 0 saturated carbocycles. The number of nitrogen functional groups attached to an aromatic ring is 1. The van der Waals surface area contributed by atoms with E-state index in [0.717, 1.165) is 30.4 Å². The Morgan fingerprint density at radius 3 is 2.35 bits per heavy atom. The van der Waals surface area contributed by atoms with Gasteiger partial charge in [0.25, 0.3) is 0 Å². The lowest BCUT2D eigenvalue weighted by Gasteiger charge is -2.08. The molecule has 0 aliphatic carbocycles. The van der Waals surface area contributed by atoms with Gasteiger partial charge in [0.2, 0.25) is 0 Å². The van der Waals surface area contributed by atoms with Gasteiger partial charge in [-0.2, -0.15) is 5.10 Å². The van der Waals surface area contributed by atoms with Gasteiger partial charge >= 0.3 is 0 Å². The van der Waals surface area contributed by atoms with Crippen LogP contribution in [0.25, 0.3) is 22.4 Å². The van der Waals surface area contributed by atoms with Crippen molar-refractivity contribution < 1.29 is 0 Å². The normalized spacial score (nSPS) is 10.7. The highest BCUT2D eigenvalue weighted by Crippen LogP contribution is 2.39. The molecule has 1 heterocycles. The summed E-state index contributed by atoms with van der Waals surface area (Å²) >= 11 is 5.90. The molecule has 0 bridgehead atoms. The van der Waals surface area contributed by atoms with Crippen LogP contribution < -0.4 is 5.73 Å². The molecule has 3 N–H and O–H groups in total. The average molecular weight is 440 g/mol. The summed E-state index contributed by atoms with van der Waals surface area (Å²) in [6, 6.07) is 16.2. The molecule has 0 atom stereocenters. The minimum atomic E-state index is 0.506. The van der Waals surface area contributed by atoms with Gasteiger partial charge in [0.05, 0.1) is 11.3 Å². The van der Waals surface area contributed by atoms with E-state index in [1.807, 2.05) is 36.4 Å². The topological polar surface area (TPSA) is 54.7 Å². The molecule has 0 aliphatic heterocycles. The molecule has 3 aromatic rings. The quantitative estimate of drug-likeness (QED) is 0.569. The highest BCUT2D eigenvalue weighted by molar-refractivity contribution is 14.1. The van der Waals surface area contributed by atoms with Crippen molar-refractivity contribution in [2.24, 2.45) is 0 Å². The van der Waals surface area contributed by atoms with Gasteiger partial charge in [0, 0.05) is 19.2 Å². The van der Waals surface area contributed by atoms with E-state index in [4.69, 9.17) is 5.73 Å². The molecule has 0 saturated heterocycles. The third-order valence-corrected chi connectivity index (χ3v) is 4.71. The van der Waals surface area contributed by atoms with Crippen LogP contribution in [-0.4, -0.2) is 10.2 Å². The van der Waals surface area contributed by atoms with Crippen LogP contribution in [0.3, 0.4) is 0 Å².